The lowest BCUT2D eigenvalue weighted by Crippen LogP contribution is -2.10. The molecular formula is C13H17N3. The van der Waals surface area contributed by atoms with E-state index in [2.05, 4.69) is 36.9 Å². The summed E-state index contributed by atoms with van der Waals surface area (Å²) in [5.41, 5.74) is 2.46. The average Bonchev–Trinajstić information content (AvgIpc) is 2.65. The first-order valence-corrected chi connectivity index (χ1v) is 5.49. The first-order chi connectivity index (χ1) is 7.54. The predicted molar refractivity (Wildman–Crippen MR) is 64.5 cm³/mol. The number of hydrogen-bond donors (Lipinski definition) is 0. The van der Waals surface area contributed by atoms with Crippen LogP contribution in [0.4, 0.5) is 0 Å². The van der Waals surface area contributed by atoms with Gasteiger partial charge < -0.3 is 0 Å². The molecule has 2 rings (SSSR count). The van der Waals surface area contributed by atoms with Crippen LogP contribution in [-0.2, 0) is 6.42 Å². The standard InChI is InChI=1S/C13H17N3/c1-13(2,3)10-11-6-9-16(15-11)12-4-7-14-8-5-12/h4-9H,10H2,1-3H3. The van der Waals surface area contributed by atoms with E-state index in [0.29, 0.717) is 0 Å². The van der Waals surface area contributed by atoms with Crippen LogP contribution in [0.1, 0.15) is 26.5 Å². The molecule has 16 heavy (non-hydrogen) atoms. The van der Waals surface area contributed by atoms with Gasteiger partial charge in [-0.05, 0) is 30.0 Å². The summed E-state index contributed by atoms with van der Waals surface area (Å²) in [5, 5.41) is 4.55. The number of hydrogen-bond acceptors (Lipinski definition) is 2. The van der Waals surface area contributed by atoms with Gasteiger partial charge in [0.1, 0.15) is 0 Å². The fourth-order valence-corrected chi connectivity index (χ4v) is 1.64. The molecule has 2 heterocycles. The predicted octanol–water partition coefficient (Wildman–Crippen LogP) is 2.86. The van der Waals surface area contributed by atoms with Gasteiger partial charge in [0, 0.05) is 18.6 Å². The zero-order valence-corrected chi connectivity index (χ0v) is 10.0. The maximum absolute atomic E-state index is 4.55. The Morgan fingerprint density at radius 3 is 2.44 bits per heavy atom. The second kappa shape index (κ2) is 4.08. The summed E-state index contributed by atoms with van der Waals surface area (Å²) in [7, 11) is 0. The molecule has 0 spiro atoms. The minimum atomic E-state index is 0.275. The van der Waals surface area contributed by atoms with E-state index in [9.17, 15) is 0 Å². The number of rotatable bonds is 2. The van der Waals surface area contributed by atoms with Crippen molar-refractivity contribution >= 4 is 0 Å². The Balaban J connectivity index is 2.21. The molecule has 0 radical (unpaired) electrons. The smallest absolute Gasteiger partial charge is 0.0676 e. The number of nitrogens with zero attached hydrogens (tertiary/aromatic N) is 3. The van der Waals surface area contributed by atoms with Crippen molar-refractivity contribution in [3.63, 3.8) is 0 Å². The number of aromatic nitrogens is 3. The fourth-order valence-electron chi connectivity index (χ4n) is 1.64. The summed E-state index contributed by atoms with van der Waals surface area (Å²) in [4.78, 5) is 4.00. The van der Waals surface area contributed by atoms with Crippen molar-refractivity contribution in [2.45, 2.75) is 27.2 Å². The van der Waals surface area contributed by atoms with Crippen LogP contribution in [0.3, 0.4) is 0 Å². The summed E-state index contributed by atoms with van der Waals surface area (Å²) < 4.78 is 1.89. The molecule has 0 amide bonds. The van der Waals surface area contributed by atoms with Gasteiger partial charge in [-0.1, -0.05) is 20.8 Å². The minimum Gasteiger partial charge on any atom is -0.265 e. The Morgan fingerprint density at radius 2 is 1.81 bits per heavy atom. The Kier molecular flexibility index (Phi) is 2.77. The third kappa shape index (κ3) is 2.69. The van der Waals surface area contributed by atoms with E-state index in [1.165, 1.54) is 0 Å². The van der Waals surface area contributed by atoms with Crippen LogP contribution in [0.2, 0.25) is 0 Å². The Labute approximate surface area is 96.1 Å². The van der Waals surface area contributed by atoms with Crippen molar-refractivity contribution in [3.05, 3.63) is 42.5 Å². The molecule has 0 atom stereocenters. The van der Waals surface area contributed by atoms with Crippen LogP contribution in [0.15, 0.2) is 36.8 Å². The van der Waals surface area contributed by atoms with Crippen LogP contribution < -0.4 is 0 Å². The van der Waals surface area contributed by atoms with Crippen molar-refractivity contribution in [3.8, 4) is 5.69 Å². The van der Waals surface area contributed by atoms with Crippen LogP contribution in [-0.4, -0.2) is 14.8 Å². The van der Waals surface area contributed by atoms with Gasteiger partial charge in [0.2, 0.25) is 0 Å². The molecule has 2 aromatic rings. The van der Waals surface area contributed by atoms with E-state index in [1.54, 1.807) is 12.4 Å². The van der Waals surface area contributed by atoms with Crippen LogP contribution >= 0.6 is 0 Å². The molecule has 84 valence electrons. The van der Waals surface area contributed by atoms with Crippen LogP contribution in [0.25, 0.3) is 5.69 Å². The highest BCUT2D eigenvalue weighted by molar-refractivity contribution is 5.27. The number of pyridine rings is 1. The summed E-state index contributed by atoms with van der Waals surface area (Å²) in [6.45, 7) is 6.66. The SMILES string of the molecule is CC(C)(C)Cc1ccn(-c2ccncc2)n1. The second-order valence-electron chi connectivity index (χ2n) is 5.19. The maximum Gasteiger partial charge on any atom is 0.0676 e. The van der Waals surface area contributed by atoms with Gasteiger partial charge in [-0.2, -0.15) is 5.10 Å². The van der Waals surface area contributed by atoms with E-state index in [0.717, 1.165) is 17.8 Å². The maximum atomic E-state index is 4.55. The van der Waals surface area contributed by atoms with Crippen molar-refractivity contribution in [2.75, 3.05) is 0 Å². The van der Waals surface area contributed by atoms with Gasteiger partial charge >= 0.3 is 0 Å². The molecule has 0 N–H and O–H groups in total. The molecule has 0 bridgehead atoms. The summed E-state index contributed by atoms with van der Waals surface area (Å²) >= 11 is 0. The van der Waals surface area contributed by atoms with Crippen LogP contribution in [0, 0.1) is 5.41 Å². The van der Waals surface area contributed by atoms with Crippen molar-refractivity contribution in [1.29, 1.82) is 0 Å². The molecule has 0 fully saturated rings. The molecule has 0 aromatic carbocycles. The Morgan fingerprint density at radius 1 is 1.12 bits per heavy atom. The highest BCUT2D eigenvalue weighted by Gasteiger charge is 2.13. The van der Waals surface area contributed by atoms with E-state index in [4.69, 9.17) is 0 Å². The Hall–Kier alpha value is -1.64. The van der Waals surface area contributed by atoms with E-state index < -0.39 is 0 Å². The van der Waals surface area contributed by atoms with E-state index in [1.807, 2.05) is 23.0 Å². The molecule has 0 unspecified atom stereocenters. The molecule has 3 nitrogen and oxygen atoms in total. The third-order valence-electron chi connectivity index (χ3n) is 2.28. The molecule has 2 aromatic heterocycles. The van der Waals surface area contributed by atoms with Gasteiger partial charge in [-0.15, -0.1) is 0 Å². The first-order valence-electron chi connectivity index (χ1n) is 5.49. The zero-order chi connectivity index (χ0) is 11.6. The lowest BCUT2D eigenvalue weighted by Gasteiger charge is -2.15. The molecule has 0 aliphatic heterocycles. The third-order valence-corrected chi connectivity index (χ3v) is 2.28. The minimum absolute atomic E-state index is 0.275. The van der Waals surface area contributed by atoms with E-state index in [-0.39, 0.29) is 5.41 Å². The summed E-state index contributed by atoms with van der Waals surface area (Å²) in [6, 6.07) is 5.98. The largest absolute Gasteiger partial charge is 0.265 e. The normalized spacial score (nSPS) is 11.7. The quantitative estimate of drug-likeness (QED) is 0.771. The monoisotopic (exact) mass is 215 g/mol. The van der Waals surface area contributed by atoms with Gasteiger partial charge in [0.05, 0.1) is 11.4 Å². The summed E-state index contributed by atoms with van der Waals surface area (Å²) in [6.07, 6.45) is 6.54. The van der Waals surface area contributed by atoms with Crippen LogP contribution in [0.5, 0.6) is 0 Å². The topological polar surface area (TPSA) is 30.7 Å². The average molecular weight is 215 g/mol. The van der Waals surface area contributed by atoms with Crippen molar-refractivity contribution in [2.24, 2.45) is 5.41 Å². The lowest BCUT2D eigenvalue weighted by atomic mass is 9.91. The summed E-state index contributed by atoms with van der Waals surface area (Å²) in [5.74, 6) is 0. The van der Waals surface area contributed by atoms with Gasteiger partial charge in [0.15, 0.2) is 0 Å². The van der Waals surface area contributed by atoms with E-state index >= 15 is 0 Å². The molecule has 3 heteroatoms. The molecule has 0 saturated heterocycles. The zero-order valence-electron chi connectivity index (χ0n) is 10.0. The Bertz CT molecular complexity index is 452. The molecule has 0 aliphatic carbocycles. The fraction of sp³-hybridized carbons (Fsp3) is 0.385. The van der Waals surface area contributed by atoms with Crippen molar-refractivity contribution in [1.82, 2.24) is 14.8 Å². The van der Waals surface area contributed by atoms with Gasteiger partial charge in [-0.3, -0.25) is 4.98 Å². The highest BCUT2D eigenvalue weighted by Crippen LogP contribution is 2.19. The van der Waals surface area contributed by atoms with Gasteiger partial charge in [0.25, 0.3) is 0 Å². The second-order valence-corrected chi connectivity index (χ2v) is 5.19. The molecular weight excluding hydrogens is 198 g/mol. The molecule has 0 aliphatic rings. The molecule has 0 saturated carbocycles. The lowest BCUT2D eigenvalue weighted by molar-refractivity contribution is 0.405. The first kappa shape index (κ1) is 10.9. The van der Waals surface area contributed by atoms with Gasteiger partial charge in [-0.25, -0.2) is 4.68 Å². The highest BCUT2D eigenvalue weighted by atomic mass is 15.3. The van der Waals surface area contributed by atoms with Crippen molar-refractivity contribution < 1.29 is 0 Å².